The second kappa shape index (κ2) is 19.7. The molecule has 0 aliphatic carbocycles. The van der Waals surface area contributed by atoms with Crippen LogP contribution in [-0.2, 0) is 16.0 Å². The first kappa shape index (κ1) is 39.2. The smallest absolute Gasteiger partial charge is 0.343 e. The van der Waals surface area contributed by atoms with Crippen LogP contribution in [-0.4, -0.2) is 48.1 Å². The molecular weight excluding hydrogens is 616 g/mol. The second-order valence-electron chi connectivity index (χ2n) is 11.7. The fourth-order valence-electron chi connectivity index (χ4n) is 4.44. The highest BCUT2D eigenvalue weighted by Gasteiger charge is 2.28. The normalized spacial score (nSPS) is 11.3. The number of hydrogen-bond donors (Lipinski definition) is 1. The Morgan fingerprint density at radius 2 is 1.48 bits per heavy atom. The highest BCUT2D eigenvalue weighted by molar-refractivity contribution is 5.97. The summed E-state index contributed by atoms with van der Waals surface area (Å²) >= 11 is 0. The molecule has 1 N–H and O–H groups in total. The third kappa shape index (κ3) is 13.1. The monoisotopic (exact) mass is 664 g/mol. The molecule has 3 aromatic carbocycles. The molecule has 11 nitrogen and oxygen atoms in total. The lowest BCUT2D eigenvalue weighted by Crippen LogP contribution is -2.45. The van der Waals surface area contributed by atoms with Gasteiger partial charge in [0.15, 0.2) is 11.5 Å². The van der Waals surface area contributed by atoms with Crippen LogP contribution in [0, 0.1) is 10.1 Å². The van der Waals surface area contributed by atoms with Gasteiger partial charge in [-0.05, 0) is 81.3 Å². The van der Waals surface area contributed by atoms with Gasteiger partial charge in [-0.3, -0.25) is 14.9 Å². The first-order valence-corrected chi connectivity index (χ1v) is 16.3. The number of non-ortho nitro benzene ring substituents is 1. The Morgan fingerprint density at radius 3 is 2.06 bits per heavy atom. The number of amides is 1. The lowest BCUT2D eigenvalue weighted by Gasteiger charge is -2.25. The minimum absolute atomic E-state index is 0.0261. The van der Waals surface area contributed by atoms with E-state index in [1.54, 1.807) is 63.2 Å². The first-order chi connectivity index (χ1) is 22.9. The number of methoxy groups -OCH3 is 1. The van der Waals surface area contributed by atoms with Crippen molar-refractivity contribution in [3.8, 4) is 17.2 Å². The van der Waals surface area contributed by atoms with E-state index in [0.717, 1.165) is 12.8 Å². The maximum atomic E-state index is 13.1. The van der Waals surface area contributed by atoms with Crippen molar-refractivity contribution in [2.24, 2.45) is 0 Å². The van der Waals surface area contributed by atoms with Crippen LogP contribution in [0.4, 0.5) is 5.69 Å². The Bertz CT molecular complexity index is 1480. The molecule has 0 fully saturated rings. The van der Waals surface area contributed by atoms with Crippen LogP contribution in [0.3, 0.4) is 0 Å². The summed E-state index contributed by atoms with van der Waals surface area (Å²) in [6, 6.07) is 15.5. The molecule has 0 radical (unpaired) electrons. The molecule has 0 aliphatic rings. The minimum atomic E-state index is -1.10. The van der Waals surface area contributed by atoms with Crippen molar-refractivity contribution in [3.63, 3.8) is 0 Å². The molecule has 0 heterocycles. The number of carbonyl (C=O) groups is 3. The van der Waals surface area contributed by atoms with E-state index >= 15 is 0 Å². The highest BCUT2D eigenvalue weighted by atomic mass is 16.6. The average molecular weight is 665 g/mol. The van der Waals surface area contributed by atoms with Gasteiger partial charge in [0.1, 0.15) is 17.4 Å². The fourth-order valence-corrected chi connectivity index (χ4v) is 4.44. The van der Waals surface area contributed by atoms with Crippen molar-refractivity contribution < 1.29 is 38.3 Å². The van der Waals surface area contributed by atoms with Crippen molar-refractivity contribution in [2.45, 2.75) is 91.7 Å². The fraction of sp³-hybridized carbons (Fsp3) is 0.432. The van der Waals surface area contributed by atoms with Crippen molar-refractivity contribution in [1.29, 1.82) is 0 Å². The molecule has 11 heteroatoms. The van der Waals surface area contributed by atoms with Crippen molar-refractivity contribution in [1.82, 2.24) is 5.32 Å². The van der Waals surface area contributed by atoms with Gasteiger partial charge in [-0.1, -0.05) is 52.5 Å². The van der Waals surface area contributed by atoms with Crippen molar-refractivity contribution in [2.75, 3.05) is 13.7 Å². The van der Waals surface area contributed by atoms with Crippen LogP contribution in [0.15, 0.2) is 66.7 Å². The first-order valence-electron chi connectivity index (χ1n) is 16.3. The maximum Gasteiger partial charge on any atom is 0.343 e. The van der Waals surface area contributed by atoms with Crippen LogP contribution in [0.5, 0.6) is 17.2 Å². The lowest BCUT2D eigenvalue weighted by molar-refractivity contribution is -0.384. The van der Waals surface area contributed by atoms with Gasteiger partial charge < -0.3 is 24.3 Å². The number of rotatable bonds is 16. The van der Waals surface area contributed by atoms with Gasteiger partial charge in [0.05, 0.1) is 24.2 Å². The SMILES string of the molecule is CC.CCCCCCCOc1ccc(C(=O)Oc2ccc(CC(NC(=O)c3ccc([N+](=O)[O-])cc3)C(=O)OC(C)(C)C)cc2OC)cc1. The Kier molecular flexibility index (Phi) is 16.1. The molecule has 0 bridgehead atoms. The molecule has 0 aliphatic heterocycles. The number of nitro benzene ring substituents is 1. The van der Waals surface area contributed by atoms with E-state index in [-0.39, 0.29) is 29.2 Å². The number of unbranched alkanes of at least 4 members (excludes halogenated alkanes) is 4. The van der Waals surface area contributed by atoms with Crippen LogP contribution in [0.1, 0.15) is 99.9 Å². The summed E-state index contributed by atoms with van der Waals surface area (Å²) in [5.41, 5.74) is 0.0820. The zero-order valence-corrected chi connectivity index (χ0v) is 29.0. The quantitative estimate of drug-likeness (QED) is 0.0532. The third-order valence-corrected chi connectivity index (χ3v) is 6.81. The van der Waals surface area contributed by atoms with Gasteiger partial charge in [-0.25, -0.2) is 9.59 Å². The summed E-state index contributed by atoms with van der Waals surface area (Å²) in [5.74, 6) is -0.757. The Hall–Kier alpha value is -4.93. The molecule has 3 aromatic rings. The summed E-state index contributed by atoms with van der Waals surface area (Å²) < 4.78 is 22.4. The largest absolute Gasteiger partial charge is 0.494 e. The summed E-state index contributed by atoms with van der Waals surface area (Å²) in [5, 5.41) is 13.6. The molecule has 3 rings (SSSR count). The predicted octanol–water partition coefficient (Wildman–Crippen LogP) is 7.88. The number of ether oxygens (including phenoxy) is 4. The maximum absolute atomic E-state index is 13.1. The zero-order chi connectivity index (χ0) is 35.7. The second-order valence-corrected chi connectivity index (χ2v) is 11.7. The average Bonchev–Trinajstić information content (AvgIpc) is 3.07. The topological polar surface area (TPSA) is 143 Å². The summed E-state index contributed by atoms with van der Waals surface area (Å²) in [7, 11) is 1.42. The number of nitrogens with zero attached hydrogens (tertiary/aromatic N) is 1. The Balaban J connectivity index is 0.00000392. The third-order valence-electron chi connectivity index (χ3n) is 6.81. The van der Waals surface area contributed by atoms with E-state index in [0.29, 0.717) is 23.5 Å². The summed E-state index contributed by atoms with van der Waals surface area (Å²) in [6.45, 7) is 11.9. The van der Waals surface area contributed by atoms with Gasteiger partial charge in [-0.15, -0.1) is 0 Å². The molecule has 0 spiro atoms. The molecule has 260 valence electrons. The van der Waals surface area contributed by atoms with Crippen molar-refractivity contribution in [3.05, 3.63) is 93.5 Å². The molecular formula is C37H48N2O9. The van der Waals surface area contributed by atoms with Gasteiger partial charge in [-0.2, -0.15) is 0 Å². The van der Waals surface area contributed by atoms with Gasteiger partial charge in [0, 0.05) is 24.1 Å². The number of hydrogen-bond acceptors (Lipinski definition) is 9. The van der Waals surface area contributed by atoms with Gasteiger partial charge in [0.2, 0.25) is 0 Å². The Morgan fingerprint density at radius 1 is 0.854 bits per heavy atom. The molecule has 0 saturated carbocycles. The highest BCUT2D eigenvalue weighted by Crippen LogP contribution is 2.30. The molecule has 48 heavy (non-hydrogen) atoms. The number of nitro groups is 1. The molecule has 1 amide bonds. The number of carbonyl (C=O) groups excluding carboxylic acids is 3. The molecule has 0 saturated heterocycles. The number of esters is 2. The van der Waals surface area contributed by atoms with Crippen LogP contribution in [0.2, 0.25) is 0 Å². The number of nitrogens with one attached hydrogen (secondary N) is 1. The standard InChI is InChI=1S/C35H42N2O9.C2H6/c1-6-7-8-9-10-21-44-28-18-14-26(15-19-28)33(39)45-30-20-11-24(23-31(30)43-5)22-29(34(40)46-35(2,3)4)36-32(38)25-12-16-27(17-13-25)37(41)42;1-2/h11-20,23,29H,6-10,21-22H2,1-5H3,(H,36,38);1-2H3. The van der Waals surface area contributed by atoms with E-state index in [9.17, 15) is 24.5 Å². The summed E-state index contributed by atoms with van der Waals surface area (Å²) in [4.78, 5) is 49.4. The van der Waals surface area contributed by atoms with Crippen LogP contribution >= 0.6 is 0 Å². The van der Waals surface area contributed by atoms with Gasteiger partial charge >= 0.3 is 11.9 Å². The minimum Gasteiger partial charge on any atom is -0.494 e. The van der Waals surface area contributed by atoms with E-state index in [4.69, 9.17) is 18.9 Å². The van der Waals surface area contributed by atoms with Gasteiger partial charge in [0.25, 0.3) is 11.6 Å². The van der Waals surface area contributed by atoms with E-state index in [2.05, 4.69) is 12.2 Å². The lowest BCUT2D eigenvalue weighted by atomic mass is 10.0. The summed E-state index contributed by atoms with van der Waals surface area (Å²) in [6.07, 6.45) is 5.73. The molecule has 1 unspecified atom stereocenters. The zero-order valence-electron chi connectivity index (χ0n) is 29.0. The van der Waals surface area contributed by atoms with E-state index < -0.39 is 34.4 Å². The predicted molar refractivity (Wildman–Crippen MR) is 184 cm³/mol. The Labute approximate surface area is 283 Å². The molecule has 0 aromatic heterocycles. The van der Waals surface area contributed by atoms with Crippen LogP contribution < -0.4 is 19.5 Å². The van der Waals surface area contributed by atoms with E-state index in [1.807, 2.05) is 13.8 Å². The molecule has 1 atom stereocenters. The van der Waals surface area contributed by atoms with Crippen LogP contribution in [0.25, 0.3) is 0 Å². The number of benzene rings is 3. The van der Waals surface area contributed by atoms with Crippen molar-refractivity contribution >= 4 is 23.5 Å². The van der Waals surface area contributed by atoms with E-state index in [1.165, 1.54) is 50.6 Å².